The number of hydrogen-bond acceptors (Lipinski definition) is 2. The van der Waals surface area contributed by atoms with Gasteiger partial charge in [0.15, 0.2) is 0 Å². The van der Waals surface area contributed by atoms with Crippen molar-refractivity contribution >= 4 is 0 Å². The molecule has 0 radical (unpaired) electrons. The molecule has 0 N–H and O–H groups in total. The number of rotatable bonds is 3. The van der Waals surface area contributed by atoms with Gasteiger partial charge >= 0.3 is 0 Å². The molecule has 0 bridgehead atoms. The quantitative estimate of drug-likeness (QED) is 0.815. The molecule has 2 aromatic rings. The van der Waals surface area contributed by atoms with Gasteiger partial charge in [0.25, 0.3) is 0 Å². The molecule has 0 aliphatic carbocycles. The van der Waals surface area contributed by atoms with Crippen molar-refractivity contribution in [1.82, 2.24) is 0 Å². The van der Waals surface area contributed by atoms with Crippen LogP contribution >= 0.6 is 0 Å². The Kier molecular flexibility index (Phi) is 3.59. The Morgan fingerprint density at radius 2 is 1.77 bits per heavy atom. The van der Waals surface area contributed by atoms with Crippen LogP contribution in [0.2, 0.25) is 0 Å². The van der Waals surface area contributed by atoms with Crippen molar-refractivity contribution in [3.8, 4) is 11.5 Å². The molecule has 2 nitrogen and oxygen atoms in total. The summed E-state index contributed by atoms with van der Waals surface area (Å²) in [4.78, 5) is 0. The second kappa shape index (κ2) is 5.31. The van der Waals surface area contributed by atoms with Gasteiger partial charge in [-0.25, -0.2) is 4.39 Å². The SMILES string of the molecule is Cc1cc(C)cc(OCc2cc(F)cc3c2OC(C)(C)C3)c1. The minimum Gasteiger partial charge on any atom is -0.489 e. The maximum absolute atomic E-state index is 13.8. The van der Waals surface area contributed by atoms with Gasteiger partial charge in [0, 0.05) is 17.5 Å². The number of fused-ring (bicyclic) bond motifs is 1. The average Bonchev–Trinajstić information content (AvgIpc) is 2.68. The van der Waals surface area contributed by atoms with Crippen molar-refractivity contribution in [3.63, 3.8) is 0 Å². The molecule has 0 unspecified atom stereocenters. The van der Waals surface area contributed by atoms with E-state index in [0.29, 0.717) is 6.61 Å². The van der Waals surface area contributed by atoms with E-state index >= 15 is 0 Å². The van der Waals surface area contributed by atoms with Crippen LogP contribution in [0.25, 0.3) is 0 Å². The lowest BCUT2D eigenvalue weighted by Gasteiger charge is -2.18. The van der Waals surface area contributed by atoms with E-state index in [0.717, 1.165) is 40.2 Å². The summed E-state index contributed by atoms with van der Waals surface area (Å²) in [6.07, 6.45) is 0.719. The van der Waals surface area contributed by atoms with Gasteiger partial charge in [-0.3, -0.25) is 0 Å². The van der Waals surface area contributed by atoms with Crippen LogP contribution in [0.5, 0.6) is 11.5 Å². The highest BCUT2D eigenvalue weighted by molar-refractivity contribution is 5.46. The smallest absolute Gasteiger partial charge is 0.130 e. The summed E-state index contributed by atoms with van der Waals surface area (Å²) in [5.41, 5.74) is 3.70. The number of halogens is 1. The van der Waals surface area contributed by atoms with Gasteiger partial charge in [-0.05, 0) is 63.1 Å². The molecule has 3 rings (SSSR count). The van der Waals surface area contributed by atoms with E-state index in [2.05, 4.69) is 6.07 Å². The molecule has 1 aliphatic heterocycles. The van der Waals surface area contributed by atoms with Crippen molar-refractivity contribution < 1.29 is 13.9 Å². The van der Waals surface area contributed by atoms with Crippen molar-refractivity contribution in [3.05, 3.63) is 58.4 Å². The van der Waals surface area contributed by atoms with Crippen molar-refractivity contribution in [2.45, 2.75) is 46.3 Å². The summed E-state index contributed by atoms with van der Waals surface area (Å²) in [6, 6.07) is 9.13. The molecule has 0 atom stereocenters. The van der Waals surface area contributed by atoms with Gasteiger partial charge in [-0.1, -0.05) is 6.07 Å². The average molecular weight is 300 g/mol. The molecule has 0 fully saturated rings. The molecule has 116 valence electrons. The third kappa shape index (κ3) is 3.08. The van der Waals surface area contributed by atoms with Gasteiger partial charge in [-0.15, -0.1) is 0 Å². The third-order valence-corrected chi connectivity index (χ3v) is 3.79. The van der Waals surface area contributed by atoms with E-state index < -0.39 is 0 Å². The summed E-state index contributed by atoms with van der Waals surface area (Å²) in [5, 5.41) is 0. The molecule has 1 aliphatic rings. The molecular weight excluding hydrogens is 279 g/mol. The van der Waals surface area contributed by atoms with Crippen molar-refractivity contribution in [1.29, 1.82) is 0 Å². The fraction of sp³-hybridized carbons (Fsp3) is 0.368. The van der Waals surface area contributed by atoms with Gasteiger partial charge in [0.2, 0.25) is 0 Å². The predicted molar refractivity (Wildman–Crippen MR) is 85.1 cm³/mol. The molecule has 22 heavy (non-hydrogen) atoms. The number of aryl methyl sites for hydroxylation is 2. The Morgan fingerprint density at radius 1 is 1.09 bits per heavy atom. The highest BCUT2D eigenvalue weighted by Gasteiger charge is 2.32. The zero-order valence-electron chi connectivity index (χ0n) is 13.5. The first kappa shape index (κ1) is 14.9. The Morgan fingerprint density at radius 3 is 2.45 bits per heavy atom. The number of ether oxygens (including phenoxy) is 2. The monoisotopic (exact) mass is 300 g/mol. The van der Waals surface area contributed by atoms with E-state index in [-0.39, 0.29) is 11.4 Å². The molecule has 0 saturated heterocycles. The second-order valence-corrected chi connectivity index (χ2v) is 6.70. The van der Waals surface area contributed by atoms with E-state index in [4.69, 9.17) is 9.47 Å². The number of benzene rings is 2. The van der Waals surface area contributed by atoms with Gasteiger partial charge in [-0.2, -0.15) is 0 Å². The first-order valence-electron chi connectivity index (χ1n) is 7.54. The van der Waals surface area contributed by atoms with Gasteiger partial charge < -0.3 is 9.47 Å². The zero-order chi connectivity index (χ0) is 15.9. The first-order valence-corrected chi connectivity index (χ1v) is 7.54. The van der Waals surface area contributed by atoms with Crippen molar-refractivity contribution in [2.75, 3.05) is 0 Å². The molecule has 0 aromatic heterocycles. The van der Waals surface area contributed by atoms with E-state index in [1.165, 1.54) is 6.07 Å². The Balaban J connectivity index is 1.85. The maximum atomic E-state index is 13.8. The summed E-state index contributed by atoms with van der Waals surface area (Å²) >= 11 is 0. The lowest BCUT2D eigenvalue weighted by atomic mass is 10.0. The fourth-order valence-corrected chi connectivity index (χ4v) is 3.03. The van der Waals surface area contributed by atoms with Crippen LogP contribution in [0, 0.1) is 19.7 Å². The third-order valence-electron chi connectivity index (χ3n) is 3.79. The standard InChI is InChI=1S/C19H21FO2/c1-12-5-13(2)7-17(6-12)21-11-15-9-16(20)8-14-10-19(3,4)22-18(14)15/h5-9H,10-11H2,1-4H3. The number of hydrogen-bond donors (Lipinski definition) is 0. The maximum Gasteiger partial charge on any atom is 0.130 e. The summed E-state index contributed by atoms with van der Waals surface area (Å²) in [6.45, 7) is 8.40. The summed E-state index contributed by atoms with van der Waals surface area (Å²) in [7, 11) is 0. The largest absolute Gasteiger partial charge is 0.489 e. The Bertz CT molecular complexity index is 699. The predicted octanol–water partition coefficient (Wildman–Crippen LogP) is 4.74. The molecule has 0 saturated carbocycles. The van der Waals surface area contributed by atoms with Crippen molar-refractivity contribution in [2.24, 2.45) is 0 Å². The van der Waals surface area contributed by atoms with Crippen LogP contribution in [0.4, 0.5) is 4.39 Å². The highest BCUT2D eigenvalue weighted by atomic mass is 19.1. The van der Waals surface area contributed by atoms with Crippen LogP contribution in [0.15, 0.2) is 30.3 Å². The van der Waals surface area contributed by atoms with Crippen LogP contribution in [-0.2, 0) is 13.0 Å². The zero-order valence-corrected chi connectivity index (χ0v) is 13.5. The molecule has 2 aromatic carbocycles. The van der Waals surface area contributed by atoms with Crippen LogP contribution in [-0.4, -0.2) is 5.60 Å². The van der Waals surface area contributed by atoms with E-state index in [1.807, 2.05) is 39.8 Å². The van der Waals surface area contributed by atoms with Gasteiger partial charge in [0.1, 0.15) is 29.5 Å². The van der Waals surface area contributed by atoms with E-state index in [1.54, 1.807) is 6.07 Å². The molecule has 3 heteroatoms. The summed E-state index contributed by atoms with van der Waals surface area (Å²) < 4.78 is 25.6. The Labute approximate surface area is 130 Å². The summed E-state index contributed by atoms with van der Waals surface area (Å²) in [5.74, 6) is 1.34. The van der Waals surface area contributed by atoms with E-state index in [9.17, 15) is 4.39 Å². The molecule has 0 spiro atoms. The molecular formula is C19H21FO2. The minimum atomic E-state index is -0.287. The first-order chi connectivity index (χ1) is 10.3. The van der Waals surface area contributed by atoms with Crippen LogP contribution < -0.4 is 9.47 Å². The highest BCUT2D eigenvalue weighted by Crippen LogP contribution is 2.38. The van der Waals surface area contributed by atoms with Crippen LogP contribution in [0.1, 0.15) is 36.1 Å². The minimum absolute atomic E-state index is 0.237. The lowest BCUT2D eigenvalue weighted by molar-refractivity contribution is 0.135. The van der Waals surface area contributed by atoms with Gasteiger partial charge in [0.05, 0.1) is 0 Å². The topological polar surface area (TPSA) is 18.5 Å². The fourth-order valence-electron chi connectivity index (χ4n) is 3.03. The molecule has 0 amide bonds. The van der Waals surface area contributed by atoms with Crippen LogP contribution in [0.3, 0.4) is 0 Å². The molecule has 1 heterocycles. The Hall–Kier alpha value is -2.03. The second-order valence-electron chi connectivity index (χ2n) is 6.70. The normalized spacial score (nSPS) is 15.3. The lowest BCUT2D eigenvalue weighted by Crippen LogP contribution is -2.25.